The smallest absolute Gasteiger partial charge is 0.125 e. The van der Waals surface area contributed by atoms with Crippen LogP contribution in [0.1, 0.15) is 6.92 Å². The molecule has 0 saturated carbocycles. The number of rotatable bonds is 4. The molecule has 0 heterocycles. The molecule has 1 aromatic rings. The molecule has 0 aromatic heterocycles. The summed E-state index contributed by atoms with van der Waals surface area (Å²) in [7, 11) is 1.64. The fourth-order valence-corrected chi connectivity index (χ4v) is 1.15. The van der Waals surface area contributed by atoms with Gasteiger partial charge >= 0.3 is 0 Å². The van der Waals surface area contributed by atoms with Crippen LogP contribution in [0.25, 0.3) is 0 Å². The Morgan fingerprint density at radius 3 is 2.92 bits per heavy atom. The van der Waals surface area contributed by atoms with Crippen molar-refractivity contribution in [1.29, 1.82) is 0 Å². The molecule has 1 atom stereocenters. The Labute approximate surface area is 77.7 Å². The summed E-state index contributed by atoms with van der Waals surface area (Å²) in [5.74, 6) is -0.227. The summed E-state index contributed by atoms with van der Waals surface area (Å²) in [6.07, 6.45) is 0. The zero-order valence-electron chi connectivity index (χ0n) is 7.88. The van der Waals surface area contributed by atoms with Crippen molar-refractivity contribution in [1.82, 2.24) is 0 Å². The van der Waals surface area contributed by atoms with E-state index in [-0.39, 0.29) is 11.9 Å². The molecule has 13 heavy (non-hydrogen) atoms. The van der Waals surface area contributed by atoms with Gasteiger partial charge < -0.3 is 10.1 Å². The Morgan fingerprint density at radius 1 is 1.54 bits per heavy atom. The predicted octanol–water partition coefficient (Wildman–Crippen LogP) is 2.27. The molecule has 3 heteroatoms. The number of hydrogen-bond acceptors (Lipinski definition) is 2. The van der Waals surface area contributed by atoms with Crippen molar-refractivity contribution in [2.24, 2.45) is 0 Å². The average molecular weight is 183 g/mol. The molecule has 1 N–H and O–H groups in total. The zero-order chi connectivity index (χ0) is 9.68. The number of benzene rings is 1. The highest BCUT2D eigenvalue weighted by atomic mass is 19.1. The van der Waals surface area contributed by atoms with Crippen LogP contribution in [0.4, 0.5) is 10.1 Å². The molecule has 0 aliphatic carbocycles. The molecule has 0 saturated heterocycles. The molecular weight excluding hydrogens is 169 g/mol. The largest absolute Gasteiger partial charge is 0.383 e. The molecule has 1 aromatic carbocycles. The van der Waals surface area contributed by atoms with E-state index in [1.807, 2.05) is 13.0 Å². The molecule has 0 aliphatic heterocycles. The Bertz CT molecular complexity index is 265. The summed E-state index contributed by atoms with van der Waals surface area (Å²) >= 11 is 0. The van der Waals surface area contributed by atoms with Crippen LogP contribution in [0.2, 0.25) is 0 Å². The van der Waals surface area contributed by atoms with Crippen LogP contribution in [0, 0.1) is 5.82 Å². The number of nitrogens with one attached hydrogen (secondary N) is 1. The van der Waals surface area contributed by atoms with Gasteiger partial charge in [-0.3, -0.25) is 0 Å². The zero-order valence-corrected chi connectivity index (χ0v) is 7.88. The molecule has 72 valence electrons. The molecule has 0 radical (unpaired) electrons. The first kappa shape index (κ1) is 9.99. The number of anilines is 1. The van der Waals surface area contributed by atoms with E-state index in [4.69, 9.17) is 4.74 Å². The summed E-state index contributed by atoms with van der Waals surface area (Å²) in [5, 5.41) is 3.12. The van der Waals surface area contributed by atoms with Crippen LogP contribution < -0.4 is 5.32 Å². The Hall–Kier alpha value is -1.09. The van der Waals surface area contributed by atoms with E-state index >= 15 is 0 Å². The van der Waals surface area contributed by atoms with E-state index in [0.29, 0.717) is 6.61 Å². The molecular formula is C10H14FNO. The van der Waals surface area contributed by atoms with E-state index in [1.54, 1.807) is 13.2 Å². The molecule has 0 fully saturated rings. The minimum atomic E-state index is -0.227. The maximum absolute atomic E-state index is 12.7. The van der Waals surface area contributed by atoms with Crippen molar-refractivity contribution in [3.05, 3.63) is 30.1 Å². The minimum Gasteiger partial charge on any atom is -0.383 e. The Balaban J connectivity index is 2.53. The Kier molecular flexibility index (Phi) is 3.71. The van der Waals surface area contributed by atoms with Gasteiger partial charge in [-0.1, -0.05) is 6.07 Å². The normalized spacial score (nSPS) is 12.5. The lowest BCUT2D eigenvalue weighted by Gasteiger charge is -2.13. The van der Waals surface area contributed by atoms with Crippen LogP contribution in [-0.4, -0.2) is 19.8 Å². The molecule has 0 aliphatic rings. The first-order valence-corrected chi connectivity index (χ1v) is 4.23. The van der Waals surface area contributed by atoms with Crippen LogP contribution in [-0.2, 0) is 4.74 Å². The number of ether oxygens (including phenoxy) is 1. The van der Waals surface area contributed by atoms with Gasteiger partial charge in [0.05, 0.1) is 6.61 Å². The summed E-state index contributed by atoms with van der Waals surface area (Å²) < 4.78 is 17.7. The van der Waals surface area contributed by atoms with Crippen LogP contribution in [0.15, 0.2) is 24.3 Å². The number of halogens is 1. The summed E-state index contributed by atoms with van der Waals surface area (Å²) in [6.45, 7) is 2.59. The van der Waals surface area contributed by atoms with Crippen molar-refractivity contribution in [2.45, 2.75) is 13.0 Å². The highest BCUT2D eigenvalue weighted by molar-refractivity contribution is 5.43. The van der Waals surface area contributed by atoms with Crippen molar-refractivity contribution in [3.63, 3.8) is 0 Å². The van der Waals surface area contributed by atoms with Gasteiger partial charge in [0.25, 0.3) is 0 Å². The van der Waals surface area contributed by atoms with E-state index < -0.39 is 0 Å². The summed E-state index contributed by atoms with van der Waals surface area (Å²) in [6, 6.07) is 6.58. The fraction of sp³-hybridized carbons (Fsp3) is 0.400. The molecule has 0 amide bonds. The van der Waals surface area contributed by atoms with E-state index in [0.717, 1.165) is 5.69 Å². The minimum absolute atomic E-state index is 0.187. The maximum atomic E-state index is 12.7. The SMILES string of the molecule is COC[C@@H](C)Nc1cccc(F)c1. The van der Waals surface area contributed by atoms with Crippen molar-refractivity contribution in [2.75, 3.05) is 19.0 Å². The highest BCUT2D eigenvalue weighted by Crippen LogP contribution is 2.10. The molecule has 0 bridgehead atoms. The first-order chi connectivity index (χ1) is 6.22. The van der Waals surface area contributed by atoms with Gasteiger partial charge in [0, 0.05) is 18.8 Å². The fourth-order valence-electron chi connectivity index (χ4n) is 1.15. The topological polar surface area (TPSA) is 21.3 Å². The van der Waals surface area contributed by atoms with Crippen molar-refractivity contribution >= 4 is 5.69 Å². The van der Waals surface area contributed by atoms with Gasteiger partial charge in [-0.05, 0) is 25.1 Å². The quantitative estimate of drug-likeness (QED) is 0.773. The van der Waals surface area contributed by atoms with Crippen molar-refractivity contribution < 1.29 is 9.13 Å². The second kappa shape index (κ2) is 4.82. The lowest BCUT2D eigenvalue weighted by atomic mass is 10.2. The van der Waals surface area contributed by atoms with E-state index in [1.165, 1.54) is 12.1 Å². The van der Waals surface area contributed by atoms with Gasteiger partial charge in [-0.15, -0.1) is 0 Å². The lowest BCUT2D eigenvalue weighted by molar-refractivity contribution is 0.190. The molecule has 0 spiro atoms. The maximum Gasteiger partial charge on any atom is 0.125 e. The average Bonchev–Trinajstić information content (AvgIpc) is 2.04. The van der Waals surface area contributed by atoms with Gasteiger partial charge in [-0.25, -0.2) is 4.39 Å². The molecule has 2 nitrogen and oxygen atoms in total. The second-order valence-corrected chi connectivity index (χ2v) is 3.01. The standard InChI is InChI=1S/C10H14FNO/c1-8(7-13-2)12-10-5-3-4-9(11)6-10/h3-6,8,12H,7H2,1-2H3/t8-/m1/s1. The van der Waals surface area contributed by atoms with E-state index in [2.05, 4.69) is 5.32 Å². The number of methoxy groups -OCH3 is 1. The van der Waals surface area contributed by atoms with E-state index in [9.17, 15) is 4.39 Å². The molecule has 1 rings (SSSR count). The van der Waals surface area contributed by atoms with Crippen molar-refractivity contribution in [3.8, 4) is 0 Å². The third-order valence-corrected chi connectivity index (χ3v) is 1.65. The third-order valence-electron chi connectivity index (χ3n) is 1.65. The highest BCUT2D eigenvalue weighted by Gasteiger charge is 2.00. The van der Waals surface area contributed by atoms with Gasteiger partial charge in [-0.2, -0.15) is 0 Å². The van der Waals surface area contributed by atoms with Gasteiger partial charge in [0.1, 0.15) is 5.82 Å². The monoisotopic (exact) mass is 183 g/mol. The molecule has 0 unspecified atom stereocenters. The second-order valence-electron chi connectivity index (χ2n) is 3.01. The number of hydrogen-bond donors (Lipinski definition) is 1. The lowest BCUT2D eigenvalue weighted by Crippen LogP contribution is -2.20. The Morgan fingerprint density at radius 2 is 2.31 bits per heavy atom. The van der Waals surface area contributed by atoms with Gasteiger partial charge in [0.2, 0.25) is 0 Å². The first-order valence-electron chi connectivity index (χ1n) is 4.23. The van der Waals surface area contributed by atoms with Gasteiger partial charge in [0.15, 0.2) is 0 Å². The predicted molar refractivity (Wildman–Crippen MR) is 51.4 cm³/mol. The van der Waals surface area contributed by atoms with Crippen LogP contribution in [0.3, 0.4) is 0 Å². The van der Waals surface area contributed by atoms with Crippen LogP contribution >= 0.6 is 0 Å². The third kappa shape index (κ3) is 3.42. The summed E-state index contributed by atoms with van der Waals surface area (Å²) in [5.41, 5.74) is 0.782. The summed E-state index contributed by atoms with van der Waals surface area (Å²) in [4.78, 5) is 0. The van der Waals surface area contributed by atoms with Crippen LogP contribution in [0.5, 0.6) is 0 Å².